The van der Waals surface area contributed by atoms with Gasteiger partial charge >= 0.3 is 6.18 Å². The quantitative estimate of drug-likeness (QED) is 0.549. The van der Waals surface area contributed by atoms with E-state index in [9.17, 15) is 33.4 Å². The number of nitrogens with zero attached hydrogens (tertiary/aromatic N) is 4. The molecule has 1 aliphatic rings. The highest BCUT2D eigenvalue weighted by molar-refractivity contribution is 5.65. The molecule has 1 saturated heterocycles. The predicted molar refractivity (Wildman–Crippen MR) is 98.7 cm³/mol. The number of hydrogen-bond acceptors (Lipinski definition) is 6. The van der Waals surface area contributed by atoms with Crippen LogP contribution in [-0.2, 0) is 12.7 Å². The van der Waals surface area contributed by atoms with E-state index in [1.165, 1.54) is 12.1 Å². The van der Waals surface area contributed by atoms with Crippen LogP contribution in [0.15, 0.2) is 42.5 Å². The maximum absolute atomic E-state index is 12.9. The number of nitro benzene ring substituents is 2. The molecule has 0 aliphatic carbocycles. The molecule has 0 saturated carbocycles. The van der Waals surface area contributed by atoms with Crippen molar-refractivity contribution in [2.45, 2.75) is 12.7 Å². The topological polar surface area (TPSA) is 92.8 Å². The summed E-state index contributed by atoms with van der Waals surface area (Å²) in [4.78, 5) is 24.5. The Morgan fingerprint density at radius 1 is 0.897 bits per heavy atom. The van der Waals surface area contributed by atoms with Gasteiger partial charge in [0.25, 0.3) is 11.4 Å². The first-order valence-corrected chi connectivity index (χ1v) is 8.71. The molecule has 0 radical (unpaired) electrons. The van der Waals surface area contributed by atoms with Gasteiger partial charge in [0.2, 0.25) is 0 Å². The molecular weight excluding hydrogens is 393 g/mol. The third-order valence-electron chi connectivity index (χ3n) is 4.77. The van der Waals surface area contributed by atoms with Crippen molar-refractivity contribution in [3.8, 4) is 0 Å². The normalized spacial score (nSPS) is 15.3. The van der Waals surface area contributed by atoms with E-state index >= 15 is 0 Å². The van der Waals surface area contributed by atoms with Gasteiger partial charge in [-0.3, -0.25) is 25.1 Å². The highest BCUT2D eigenvalue weighted by Gasteiger charge is 2.34. The van der Waals surface area contributed by atoms with Crippen LogP contribution in [0.5, 0.6) is 0 Å². The molecule has 0 bridgehead atoms. The van der Waals surface area contributed by atoms with Crippen LogP contribution in [0.1, 0.15) is 11.1 Å². The minimum Gasteiger partial charge on any atom is -0.363 e. The maximum atomic E-state index is 12.9. The first kappa shape index (κ1) is 20.5. The van der Waals surface area contributed by atoms with E-state index in [1.807, 2.05) is 0 Å². The van der Waals surface area contributed by atoms with Crippen molar-refractivity contribution in [2.75, 3.05) is 31.1 Å². The number of benzene rings is 2. The van der Waals surface area contributed by atoms with Crippen molar-refractivity contribution in [1.29, 1.82) is 0 Å². The van der Waals surface area contributed by atoms with Gasteiger partial charge in [-0.25, -0.2) is 0 Å². The molecule has 0 spiro atoms. The van der Waals surface area contributed by atoms with Crippen LogP contribution in [0.3, 0.4) is 0 Å². The summed E-state index contributed by atoms with van der Waals surface area (Å²) in [6.07, 6.45) is -4.65. The average Bonchev–Trinajstić information content (AvgIpc) is 2.68. The Labute approximate surface area is 163 Å². The Bertz CT molecular complexity index is 910. The largest absolute Gasteiger partial charge is 0.416 e. The number of halogens is 3. The number of anilines is 1. The smallest absolute Gasteiger partial charge is 0.363 e. The van der Waals surface area contributed by atoms with Gasteiger partial charge in [0.15, 0.2) is 0 Å². The Morgan fingerprint density at radius 3 is 2.03 bits per heavy atom. The summed E-state index contributed by atoms with van der Waals surface area (Å²) in [5.74, 6) is 0. The number of alkyl halides is 3. The highest BCUT2D eigenvalue weighted by Crippen LogP contribution is 2.36. The van der Waals surface area contributed by atoms with Crippen LogP contribution in [0.2, 0.25) is 0 Å². The lowest BCUT2D eigenvalue weighted by molar-refractivity contribution is -0.384. The molecule has 8 nitrogen and oxygen atoms in total. The van der Waals surface area contributed by atoms with E-state index in [0.29, 0.717) is 38.8 Å². The van der Waals surface area contributed by atoms with Crippen LogP contribution in [0.25, 0.3) is 0 Å². The Kier molecular flexibility index (Phi) is 5.69. The van der Waals surface area contributed by atoms with Crippen LogP contribution in [0, 0.1) is 20.2 Å². The fourth-order valence-corrected chi connectivity index (χ4v) is 3.24. The summed E-state index contributed by atoms with van der Waals surface area (Å²) in [5, 5.41) is 22.0. The zero-order chi connectivity index (χ0) is 21.2. The molecule has 0 N–H and O–H groups in total. The van der Waals surface area contributed by atoms with Gasteiger partial charge in [-0.2, -0.15) is 13.2 Å². The number of rotatable bonds is 5. The lowest BCUT2D eigenvalue weighted by Gasteiger charge is -2.35. The van der Waals surface area contributed by atoms with E-state index in [4.69, 9.17) is 0 Å². The molecule has 2 aromatic rings. The summed E-state index contributed by atoms with van der Waals surface area (Å²) in [7, 11) is 0. The van der Waals surface area contributed by atoms with Crippen molar-refractivity contribution in [2.24, 2.45) is 0 Å². The van der Waals surface area contributed by atoms with Gasteiger partial charge in [0.05, 0.1) is 15.4 Å². The van der Waals surface area contributed by atoms with Gasteiger partial charge in [0.1, 0.15) is 5.69 Å². The van der Waals surface area contributed by atoms with E-state index < -0.39 is 27.3 Å². The van der Waals surface area contributed by atoms with Crippen molar-refractivity contribution in [1.82, 2.24) is 4.90 Å². The molecule has 1 heterocycles. The Balaban J connectivity index is 1.67. The molecule has 1 aliphatic heterocycles. The standard InChI is InChI=1S/C18H17F3N4O4/c19-18(20,21)14-3-6-16(17(11-14)25(28)29)23-9-7-22(8-10-23)12-13-1-4-15(5-2-13)24(26)27/h1-6,11H,7-10,12H2. The van der Waals surface area contributed by atoms with E-state index in [1.54, 1.807) is 17.0 Å². The molecular formula is C18H17F3N4O4. The summed E-state index contributed by atoms with van der Waals surface area (Å²) < 4.78 is 38.6. The van der Waals surface area contributed by atoms with Crippen molar-refractivity contribution in [3.63, 3.8) is 0 Å². The first-order chi connectivity index (χ1) is 13.6. The van der Waals surface area contributed by atoms with Gasteiger partial charge in [-0.15, -0.1) is 0 Å². The van der Waals surface area contributed by atoms with Crippen molar-refractivity contribution < 1.29 is 23.0 Å². The van der Waals surface area contributed by atoms with E-state index in [-0.39, 0.29) is 11.4 Å². The Hall–Kier alpha value is -3.21. The van der Waals surface area contributed by atoms with Crippen molar-refractivity contribution in [3.05, 3.63) is 73.8 Å². The molecule has 11 heteroatoms. The minimum atomic E-state index is -4.65. The van der Waals surface area contributed by atoms with Crippen LogP contribution >= 0.6 is 0 Å². The predicted octanol–water partition coefficient (Wildman–Crippen LogP) is 3.84. The van der Waals surface area contributed by atoms with Gasteiger partial charge < -0.3 is 4.90 Å². The third-order valence-corrected chi connectivity index (χ3v) is 4.77. The summed E-state index contributed by atoms with van der Waals surface area (Å²) in [6.45, 7) is 2.49. The Morgan fingerprint density at radius 2 is 1.52 bits per heavy atom. The molecule has 0 atom stereocenters. The summed E-state index contributed by atoms with van der Waals surface area (Å²) in [6, 6.07) is 8.77. The van der Waals surface area contributed by atoms with Crippen LogP contribution in [0.4, 0.5) is 30.2 Å². The number of hydrogen-bond donors (Lipinski definition) is 0. The average molecular weight is 410 g/mol. The second-order valence-corrected chi connectivity index (χ2v) is 6.65. The molecule has 2 aromatic carbocycles. The molecule has 29 heavy (non-hydrogen) atoms. The van der Waals surface area contributed by atoms with E-state index in [0.717, 1.165) is 17.7 Å². The highest BCUT2D eigenvalue weighted by atomic mass is 19.4. The lowest BCUT2D eigenvalue weighted by Crippen LogP contribution is -2.46. The van der Waals surface area contributed by atoms with Gasteiger partial charge in [-0.05, 0) is 17.7 Å². The maximum Gasteiger partial charge on any atom is 0.416 e. The molecule has 154 valence electrons. The number of nitro groups is 2. The SMILES string of the molecule is O=[N+]([O-])c1ccc(CN2CCN(c3ccc(C(F)(F)F)cc3[N+](=O)[O-])CC2)cc1. The zero-order valence-electron chi connectivity index (χ0n) is 15.1. The zero-order valence-corrected chi connectivity index (χ0v) is 15.1. The summed E-state index contributed by atoms with van der Waals surface area (Å²) >= 11 is 0. The molecule has 0 amide bonds. The second-order valence-electron chi connectivity index (χ2n) is 6.65. The van der Waals surface area contributed by atoms with E-state index in [2.05, 4.69) is 4.90 Å². The van der Waals surface area contributed by atoms with Crippen molar-refractivity contribution >= 4 is 17.1 Å². The second kappa shape index (κ2) is 8.03. The number of piperazine rings is 1. The fourth-order valence-electron chi connectivity index (χ4n) is 3.24. The van der Waals surface area contributed by atoms with Crippen LogP contribution < -0.4 is 4.90 Å². The monoisotopic (exact) mass is 410 g/mol. The minimum absolute atomic E-state index is 0.00758. The summed E-state index contributed by atoms with van der Waals surface area (Å²) in [5.41, 5.74) is -0.552. The molecule has 1 fully saturated rings. The first-order valence-electron chi connectivity index (χ1n) is 8.71. The molecule has 0 aromatic heterocycles. The number of non-ortho nitro benzene ring substituents is 1. The molecule has 0 unspecified atom stereocenters. The lowest BCUT2D eigenvalue weighted by atomic mass is 10.1. The van der Waals surface area contributed by atoms with Gasteiger partial charge in [-0.1, -0.05) is 12.1 Å². The third kappa shape index (κ3) is 4.80. The molecule has 3 rings (SSSR count). The van der Waals surface area contributed by atoms with Crippen LogP contribution in [-0.4, -0.2) is 40.9 Å². The fraction of sp³-hybridized carbons (Fsp3) is 0.333. The van der Waals surface area contributed by atoms with Gasteiger partial charge in [0, 0.05) is 50.9 Å².